The zero-order valence-electron chi connectivity index (χ0n) is 15.6. The van der Waals surface area contributed by atoms with Crippen LogP contribution >= 0.6 is 23.2 Å². The zero-order chi connectivity index (χ0) is 21.7. The first kappa shape index (κ1) is 22.4. The third-order valence-electron chi connectivity index (χ3n) is 4.22. The van der Waals surface area contributed by atoms with Crippen LogP contribution in [0.4, 0.5) is 0 Å². The standard InChI is InChI=1S/C21H19Cl2NO5S/c22-16-10-18(23)21(19(25)11-16)30(27,28)24-12-20(26)15-7-4-8-17(9-15)29-13-14-5-2-1-3-6-14/h1-11,20,24-26H,12-13H2. The Labute approximate surface area is 184 Å². The highest BCUT2D eigenvalue weighted by atomic mass is 35.5. The van der Waals surface area contributed by atoms with Crippen molar-refractivity contribution in [1.29, 1.82) is 0 Å². The second kappa shape index (κ2) is 9.68. The number of aliphatic hydroxyl groups excluding tert-OH is 1. The average molecular weight is 468 g/mol. The molecule has 0 radical (unpaired) electrons. The van der Waals surface area contributed by atoms with E-state index in [9.17, 15) is 18.6 Å². The SMILES string of the molecule is O=S(=O)(NCC(O)c1cccc(OCc2ccccc2)c1)c1c(O)cc(Cl)cc1Cl. The highest BCUT2D eigenvalue weighted by molar-refractivity contribution is 7.89. The first-order valence-corrected chi connectivity index (χ1v) is 11.1. The Kier molecular flexibility index (Phi) is 7.23. The molecule has 6 nitrogen and oxygen atoms in total. The van der Waals surface area contributed by atoms with Crippen molar-refractivity contribution in [1.82, 2.24) is 4.72 Å². The molecule has 0 fully saturated rings. The van der Waals surface area contributed by atoms with E-state index in [2.05, 4.69) is 4.72 Å². The minimum atomic E-state index is -4.18. The second-order valence-corrected chi connectivity index (χ2v) is 9.00. The number of phenols is 1. The van der Waals surface area contributed by atoms with Crippen LogP contribution in [0.1, 0.15) is 17.2 Å². The largest absolute Gasteiger partial charge is 0.506 e. The van der Waals surface area contributed by atoms with Crippen molar-refractivity contribution in [3.05, 3.63) is 87.9 Å². The van der Waals surface area contributed by atoms with E-state index in [1.165, 1.54) is 6.07 Å². The summed E-state index contributed by atoms with van der Waals surface area (Å²) in [4.78, 5) is -0.499. The van der Waals surface area contributed by atoms with Gasteiger partial charge in [0, 0.05) is 17.6 Å². The predicted octanol–water partition coefficient (Wildman–Crippen LogP) is 4.29. The first-order valence-electron chi connectivity index (χ1n) is 8.88. The zero-order valence-corrected chi connectivity index (χ0v) is 18.0. The van der Waals surface area contributed by atoms with Gasteiger partial charge in [-0.2, -0.15) is 0 Å². The molecule has 3 rings (SSSR count). The minimum Gasteiger partial charge on any atom is -0.506 e. The minimum absolute atomic E-state index is 0.101. The van der Waals surface area contributed by atoms with Crippen LogP contribution in [-0.2, 0) is 16.6 Å². The predicted molar refractivity (Wildman–Crippen MR) is 115 cm³/mol. The summed E-state index contributed by atoms with van der Waals surface area (Å²) in [5.74, 6) is -0.0394. The van der Waals surface area contributed by atoms with E-state index < -0.39 is 26.8 Å². The summed E-state index contributed by atoms with van der Waals surface area (Å²) < 4.78 is 33.0. The molecule has 9 heteroatoms. The number of aliphatic hydroxyl groups is 1. The van der Waals surface area contributed by atoms with Crippen LogP contribution in [0.5, 0.6) is 11.5 Å². The number of phenolic OH excluding ortho intramolecular Hbond substituents is 1. The average Bonchev–Trinajstić information content (AvgIpc) is 2.70. The van der Waals surface area contributed by atoms with Gasteiger partial charge in [0.15, 0.2) is 0 Å². The summed E-state index contributed by atoms with van der Waals surface area (Å²) in [6.07, 6.45) is -1.15. The van der Waals surface area contributed by atoms with Gasteiger partial charge in [-0.3, -0.25) is 0 Å². The third kappa shape index (κ3) is 5.65. The van der Waals surface area contributed by atoms with E-state index in [1.54, 1.807) is 24.3 Å². The summed E-state index contributed by atoms with van der Waals surface area (Å²) >= 11 is 11.7. The maximum absolute atomic E-state index is 12.5. The van der Waals surface area contributed by atoms with Gasteiger partial charge in [-0.05, 0) is 29.3 Å². The van der Waals surface area contributed by atoms with Crippen molar-refractivity contribution in [2.45, 2.75) is 17.6 Å². The van der Waals surface area contributed by atoms with Gasteiger partial charge >= 0.3 is 0 Å². The highest BCUT2D eigenvalue weighted by Gasteiger charge is 2.24. The van der Waals surface area contributed by atoms with Crippen LogP contribution in [0.15, 0.2) is 71.6 Å². The molecule has 0 saturated heterocycles. The first-order chi connectivity index (χ1) is 14.3. The van der Waals surface area contributed by atoms with Crippen molar-refractivity contribution in [3.63, 3.8) is 0 Å². The Hall–Kier alpha value is -2.29. The Bertz CT molecular complexity index is 1100. The monoisotopic (exact) mass is 467 g/mol. The van der Waals surface area contributed by atoms with E-state index in [0.29, 0.717) is 17.9 Å². The molecule has 30 heavy (non-hydrogen) atoms. The van der Waals surface area contributed by atoms with Crippen LogP contribution in [0.2, 0.25) is 10.0 Å². The van der Waals surface area contributed by atoms with Crippen LogP contribution in [0.25, 0.3) is 0 Å². The number of hydrogen-bond acceptors (Lipinski definition) is 5. The van der Waals surface area contributed by atoms with Gasteiger partial charge in [-0.1, -0.05) is 65.7 Å². The summed E-state index contributed by atoms with van der Waals surface area (Å²) in [6.45, 7) is 0.0320. The molecular weight excluding hydrogens is 449 g/mol. The van der Waals surface area contributed by atoms with Gasteiger partial charge in [0.05, 0.1) is 11.1 Å². The van der Waals surface area contributed by atoms with Crippen LogP contribution < -0.4 is 9.46 Å². The van der Waals surface area contributed by atoms with Gasteiger partial charge in [-0.25, -0.2) is 13.1 Å². The van der Waals surface area contributed by atoms with Gasteiger partial charge in [0.25, 0.3) is 0 Å². The van der Waals surface area contributed by atoms with E-state index in [-0.39, 0.29) is 16.6 Å². The highest BCUT2D eigenvalue weighted by Crippen LogP contribution is 2.33. The molecule has 0 aliphatic carbocycles. The Balaban J connectivity index is 1.67. The molecule has 3 N–H and O–H groups in total. The van der Waals surface area contributed by atoms with Crippen molar-refractivity contribution in [2.75, 3.05) is 6.54 Å². The summed E-state index contributed by atoms with van der Waals surface area (Å²) in [6, 6.07) is 18.6. The molecule has 0 aliphatic rings. The van der Waals surface area contributed by atoms with E-state index in [4.69, 9.17) is 27.9 Å². The molecule has 0 aliphatic heterocycles. The van der Waals surface area contributed by atoms with Crippen LogP contribution in [0, 0.1) is 0 Å². The fourth-order valence-electron chi connectivity index (χ4n) is 2.74. The second-order valence-electron chi connectivity index (χ2n) is 6.45. The number of benzene rings is 3. The number of rotatable bonds is 8. The van der Waals surface area contributed by atoms with Crippen molar-refractivity contribution >= 4 is 33.2 Å². The number of nitrogens with one attached hydrogen (secondary N) is 1. The van der Waals surface area contributed by atoms with Crippen LogP contribution in [-0.4, -0.2) is 25.2 Å². The molecule has 158 valence electrons. The molecule has 0 saturated carbocycles. The molecule has 0 amide bonds. The van der Waals surface area contributed by atoms with Crippen molar-refractivity contribution in [2.24, 2.45) is 0 Å². The summed E-state index contributed by atoms with van der Waals surface area (Å²) in [7, 11) is -4.18. The fraction of sp³-hybridized carbons (Fsp3) is 0.143. The molecular formula is C21H19Cl2NO5S. The summed E-state index contributed by atoms with van der Waals surface area (Å²) in [5.41, 5.74) is 1.46. The van der Waals surface area contributed by atoms with Crippen LogP contribution in [0.3, 0.4) is 0 Å². The lowest BCUT2D eigenvalue weighted by Crippen LogP contribution is -2.28. The lowest BCUT2D eigenvalue weighted by atomic mass is 10.1. The van der Waals surface area contributed by atoms with E-state index >= 15 is 0 Å². The Morgan fingerprint density at radius 3 is 2.43 bits per heavy atom. The summed E-state index contributed by atoms with van der Waals surface area (Å²) in [5, 5.41) is 20.2. The maximum atomic E-state index is 12.5. The third-order valence-corrected chi connectivity index (χ3v) is 6.36. The van der Waals surface area contributed by atoms with Gasteiger partial charge in [0.1, 0.15) is 23.0 Å². The molecule has 1 atom stereocenters. The fourth-order valence-corrected chi connectivity index (χ4v) is 4.70. The molecule has 0 aromatic heterocycles. The van der Waals surface area contributed by atoms with Gasteiger partial charge in [0.2, 0.25) is 10.0 Å². The van der Waals surface area contributed by atoms with Crippen molar-refractivity contribution in [3.8, 4) is 11.5 Å². The lowest BCUT2D eigenvalue weighted by Gasteiger charge is -2.15. The molecule has 0 spiro atoms. The molecule has 1 unspecified atom stereocenters. The Morgan fingerprint density at radius 1 is 1.00 bits per heavy atom. The number of halogens is 2. The normalized spacial score (nSPS) is 12.5. The lowest BCUT2D eigenvalue weighted by molar-refractivity contribution is 0.181. The molecule has 3 aromatic rings. The topological polar surface area (TPSA) is 95.9 Å². The maximum Gasteiger partial charge on any atom is 0.245 e. The quantitative estimate of drug-likeness (QED) is 0.459. The van der Waals surface area contributed by atoms with Gasteiger partial charge in [-0.15, -0.1) is 0 Å². The van der Waals surface area contributed by atoms with Gasteiger partial charge < -0.3 is 14.9 Å². The number of ether oxygens (including phenoxy) is 1. The van der Waals surface area contributed by atoms with E-state index in [1.807, 2.05) is 30.3 Å². The van der Waals surface area contributed by atoms with E-state index in [0.717, 1.165) is 11.6 Å². The molecule has 3 aromatic carbocycles. The molecule has 0 bridgehead atoms. The number of hydrogen-bond donors (Lipinski definition) is 3. The Morgan fingerprint density at radius 2 is 1.73 bits per heavy atom. The van der Waals surface area contributed by atoms with Crippen molar-refractivity contribution < 1.29 is 23.4 Å². The number of aromatic hydroxyl groups is 1. The number of sulfonamides is 1. The smallest absolute Gasteiger partial charge is 0.245 e. The molecule has 0 heterocycles.